The zero-order chi connectivity index (χ0) is 18.5. The van der Waals surface area contributed by atoms with Gasteiger partial charge in [-0.3, -0.25) is 9.98 Å². The van der Waals surface area contributed by atoms with Crippen LogP contribution in [0.25, 0.3) is 0 Å². The van der Waals surface area contributed by atoms with E-state index in [4.69, 9.17) is 21.9 Å². The van der Waals surface area contributed by atoms with Crippen molar-refractivity contribution in [2.24, 2.45) is 4.99 Å². The molecule has 26 heavy (non-hydrogen) atoms. The molecule has 0 saturated carbocycles. The lowest BCUT2D eigenvalue weighted by Gasteiger charge is -2.13. The summed E-state index contributed by atoms with van der Waals surface area (Å²) in [6.07, 6.45) is 3.68. The Kier molecular flexibility index (Phi) is 5.46. The van der Waals surface area contributed by atoms with E-state index in [1.54, 1.807) is 0 Å². The van der Waals surface area contributed by atoms with E-state index in [2.05, 4.69) is 11.1 Å². The molecule has 1 unspecified atom stereocenters. The van der Waals surface area contributed by atoms with Gasteiger partial charge in [-0.1, -0.05) is 35.9 Å². The Morgan fingerprint density at radius 2 is 1.85 bits per heavy atom. The number of pyridine rings is 1. The summed E-state index contributed by atoms with van der Waals surface area (Å²) in [7, 11) is 0. The molecule has 2 aromatic carbocycles. The number of hydrogen-bond acceptors (Lipinski definition) is 3. The molecule has 0 spiro atoms. The van der Waals surface area contributed by atoms with Gasteiger partial charge in [0.25, 0.3) is 0 Å². The van der Waals surface area contributed by atoms with Gasteiger partial charge in [0, 0.05) is 17.4 Å². The molecule has 1 atom stereocenters. The van der Waals surface area contributed by atoms with Crippen molar-refractivity contribution in [2.45, 2.75) is 19.9 Å². The molecule has 3 rings (SSSR count). The van der Waals surface area contributed by atoms with Crippen LogP contribution in [0.1, 0.15) is 39.6 Å². The summed E-state index contributed by atoms with van der Waals surface area (Å²) < 4.78 is 0. The molecule has 0 radical (unpaired) electrons. The lowest BCUT2D eigenvalue weighted by Crippen LogP contribution is -2.02. The van der Waals surface area contributed by atoms with Gasteiger partial charge in [-0.05, 0) is 66.4 Å². The average molecular weight is 360 g/mol. The van der Waals surface area contributed by atoms with E-state index in [-0.39, 0.29) is 6.04 Å². The summed E-state index contributed by atoms with van der Waals surface area (Å²) in [5, 5.41) is 9.76. The predicted molar refractivity (Wildman–Crippen MR) is 106 cm³/mol. The Bertz CT molecular complexity index is 922. The van der Waals surface area contributed by atoms with Crippen LogP contribution in [0.2, 0.25) is 5.02 Å². The first kappa shape index (κ1) is 17.8. The predicted octanol–water partition coefficient (Wildman–Crippen LogP) is 5.43. The fourth-order valence-electron chi connectivity index (χ4n) is 2.67. The number of aliphatic imine (C=N–C) groups is 1. The SMILES string of the molecule is Cc1ccc(C(/N=C/c2ccc(C#N)c(C)c2)c2ccc(Cl)cc2)nc1. The van der Waals surface area contributed by atoms with Gasteiger partial charge in [-0.25, -0.2) is 0 Å². The van der Waals surface area contributed by atoms with E-state index in [1.807, 2.05) is 80.9 Å². The summed E-state index contributed by atoms with van der Waals surface area (Å²) in [6, 6.07) is 19.3. The van der Waals surface area contributed by atoms with Crippen molar-refractivity contribution < 1.29 is 0 Å². The Labute approximate surface area is 158 Å². The van der Waals surface area contributed by atoms with Gasteiger partial charge in [0.2, 0.25) is 0 Å². The standard InChI is InChI=1S/C22H18ClN3/c1-15-3-10-21(25-13-15)22(18-6-8-20(23)9-7-18)26-14-17-4-5-19(12-24)16(2)11-17/h3-11,13-14,22H,1-2H3/b26-14+. The maximum atomic E-state index is 9.07. The van der Waals surface area contributed by atoms with Crippen LogP contribution in [0.3, 0.4) is 0 Å². The third kappa shape index (κ3) is 4.17. The minimum absolute atomic E-state index is 0.219. The molecule has 0 saturated heterocycles. The van der Waals surface area contributed by atoms with Crippen LogP contribution in [-0.2, 0) is 0 Å². The minimum Gasteiger partial charge on any atom is -0.278 e. The highest BCUT2D eigenvalue weighted by molar-refractivity contribution is 6.30. The molecule has 0 fully saturated rings. The highest BCUT2D eigenvalue weighted by atomic mass is 35.5. The smallest absolute Gasteiger partial charge is 0.117 e. The van der Waals surface area contributed by atoms with Crippen LogP contribution in [-0.4, -0.2) is 11.2 Å². The van der Waals surface area contributed by atoms with Gasteiger partial charge < -0.3 is 0 Å². The summed E-state index contributed by atoms with van der Waals surface area (Å²) >= 11 is 6.02. The van der Waals surface area contributed by atoms with Crippen LogP contribution >= 0.6 is 11.6 Å². The molecule has 0 N–H and O–H groups in total. The first-order valence-corrected chi connectivity index (χ1v) is 8.66. The fourth-order valence-corrected chi connectivity index (χ4v) is 2.80. The van der Waals surface area contributed by atoms with Gasteiger partial charge in [0.15, 0.2) is 0 Å². The molecule has 3 nitrogen and oxygen atoms in total. The number of hydrogen-bond donors (Lipinski definition) is 0. The van der Waals surface area contributed by atoms with E-state index in [0.717, 1.165) is 27.9 Å². The maximum Gasteiger partial charge on any atom is 0.117 e. The van der Waals surface area contributed by atoms with Gasteiger partial charge in [0.05, 0.1) is 17.3 Å². The first-order chi connectivity index (χ1) is 12.6. The number of halogens is 1. The molecule has 0 aliphatic heterocycles. The minimum atomic E-state index is -0.219. The second kappa shape index (κ2) is 7.95. The molecule has 4 heteroatoms. The lowest BCUT2D eigenvalue weighted by molar-refractivity contribution is 0.833. The summed E-state index contributed by atoms with van der Waals surface area (Å²) in [6.45, 7) is 3.94. The number of nitrogens with zero attached hydrogens (tertiary/aromatic N) is 3. The molecule has 0 aliphatic rings. The van der Waals surface area contributed by atoms with Crippen molar-refractivity contribution in [2.75, 3.05) is 0 Å². The van der Waals surface area contributed by atoms with Crippen LogP contribution in [0.4, 0.5) is 0 Å². The largest absolute Gasteiger partial charge is 0.278 e. The van der Waals surface area contributed by atoms with Crippen molar-refractivity contribution in [3.8, 4) is 6.07 Å². The molecule has 1 heterocycles. The van der Waals surface area contributed by atoms with Crippen molar-refractivity contribution in [1.29, 1.82) is 5.26 Å². The third-order valence-electron chi connectivity index (χ3n) is 4.14. The lowest BCUT2D eigenvalue weighted by atomic mass is 10.0. The summed E-state index contributed by atoms with van der Waals surface area (Å²) in [5.41, 5.74) is 5.57. The Morgan fingerprint density at radius 1 is 1.08 bits per heavy atom. The molecule has 3 aromatic rings. The molecule has 0 bridgehead atoms. The van der Waals surface area contributed by atoms with Gasteiger partial charge in [-0.2, -0.15) is 5.26 Å². The highest BCUT2D eigenvalue weighted by Gasteiger charge is 2.13. The summed E-state index contributed by atoms with van der Waals surface area (Å²) in [5.74, 6) is 0. The zero-order valence-corrected chi connectivity index (χ0v) is 15.4. The maximum absolute atomic E-state index is 9.07. The highest BCUT2D eigenvalue weighted by Crippen LogP contribution is 2.26. The topological polar surface area (TPSA) is 49.0 Å². The second-order valence-corrected chi connectivity index (χ2v) is 6.62. The molecular weight excluding hydrogens is 342 g/mol. The van der Waals surface area contributed by atoms with Gasteiger partial charge >= 0.3 is 0 Å². The van der Waals surface area contributed by atoms with Crippen LogP contribution < -0.4 is 0 Å². The van der Waals surface area contributed by atoms with Crippen molar-refractivity contribution in [3.63, 3.8) is 0 Å². The molecule has 128 valence electrons. The Hall–Kier alpha value is -2.96. The fraction of sp³-hybridized carbons (Fsp3) is 0.136. The monoisotopic (exact) mass is 359 g/mol. The molecule has 0 amide bonds. The quantitative estimate of drug-likeness (QED) is 0.583. The van der Waals surface area contributed by atoms with E-state index in [0.29, 0.717) is 10.6 Å². The van der Waals surface area contributed by atoms with E-state index < -0.39 is 0 Å². The second-order valence-electron chi connectivity index (χ2n) is 6.18. The van der Waals surface area contributed by atoms with Crippen molar-refractivity contribution in [1.82, 2.24) is 4.98 Å². The number of aryl methyl sites for hydroxylation is 2. The number of benzene rings is 2. The average Bonchev–Trinajstić information content (AvgIpc) is 2.65. The van der Waals surface area contributed by atoms with Crippen molar-refractivity contribution in [3.05, 3.63) is 99.3 Å². The van der Waals surface area contributed by atoms with Gasteiger partial charge in [-0.15, -0.1) is 0 Å². The van der Waals surface area contributed by atoms with E-state index in [1.165, 1.54) is 0 Å². The summed E-state index contributed by atoms with van der Waals surface area (Å²) in [4.78, 5) is 9.32. The van der Waals surface area contributed by atoms with Gasteiger partial charge in [0.1, 0.15) is 6.04 Å². The normalized spacial score (nSPS) is 12.1. The number of nitriles is 1. The first-order valence-electron chi connectivity index (χ1n) is 8.29. The molecule has 0 aliphatic carbocycles. The van der Waals surface area contributed by atoms with Crippen LogP contribution in [0.5, 0.6) is 0 Å². The third-order valence-corrected chi connectivity index (χ3v) is 4.40. The molecule has 1 aromatic heterocycles. The number of aromatic nitrogens is 1. The number of rotatable bonds is 4. The Balaban J connectivity index is 1.98. The Morgan fingerprint density at radius 3 is 2.46 bits per heavy atom. The van der Waals surface area contributed by atoms with Crippen LogP contribution in [0, 0.1) is 25.2 Å². The van der Waals surface area contributed by atoms with Crippen LogP contribution in [0.15, 0.2) is 65.8 Å². The molecular formula is C22H18ClN3. The van der Waals surface area contributed by atoms with Crippen molar-refractivity contribution >= 4 is 17.8 Å². The zero-order valence-electron chi connectivity index (χ0n) is 14.6. The van der Waals surface area contributed by atoms with E-state index >= 15 is 0 Å². The van der Waals surface area contributed by atoms with E-state index in [9.17, 15) is 0 Å².